The molecule has 0 fully saturated rings. The zero-order valence-corrected chi connectivity index (χ0v) is 9.76. The molecule has 94 valence electrons. The first-order valence-electron chi connectivity index (χ1n) is 5.01. The summed E-state index contributed by atoms with van der Waals surface area (Å²) in [5.74, 6) is 0. The van der Waals surface area contributed by atoms with E-state index >= 15 is 0 Å². The third-order valence-electron chi connectivity index (χ3n) is 2.21. The van der Waals surface area contributed by atoms with Gasteiger partial charge >= 0.3 is 6.18 Å². The molecule has 1 N–H and O–H groups in total. The molecule has 0 spiro atoms. The maximum atomic E-state index is 12.5. The molecule has 0 bridgehead atoms. The number of nitrogens with zero attached hydrogens (tertiary/aromatic N) is 1. The van der Waals surface area contributed by atoms with Crippen molar-refractivity contribution in [2.75, 3.05) is 5.32 Å². The fourth-order valence-electron chi connectivity index (χ4n) is 1.42. The smallest absolute Gasteiger partial charge is 0.355 e. The predicted octanol–water partition coefficient (Wildman–Crippen LogP) is 4.50. The molecule has 0 saturated heterocycles. The maximum absolute atomic E-state index is 12.5. The number of halogens is 4. The number of anilines is 2. The molecule has 0 aliphatic heterocycles. The van der Waals surface area contributed by atoms with Gasteiger partial charge in [0.25, 0.3) is 0 Å². The Morgan fingerprint density at radius 1 is 1.06 bits per heavy atom. The lowest BCUT2D eigenvalue weighted by Gasteiger charge is -2.10. The molecule has 0 aliphatic carbocycles. The van der Waals surface area contributed by atoms with E-state index in [-0.39, 0.29) is 5.15 Å². The van der Waals surface area contributed by atoms with E-state index in [9.17, 15) is 13.2 Å². The van der Waals surface area contributed by atoms with Crippen molar-refractivity contribution < 1.29 is 13.2 Å². The molecular formula is C12H8ClF3N2. The summed E-state index contributed by atoms with van der Waals surface area (Å²) in [6.07, 6.45) is -2.88. The molecule has 1 aromatic heterocycles. The molecule has 2 aromatic rings. The average molecular weight is 273 g/mol. The molecule has 1 heterocycles. The number of pyridine rings is 1. The topological polar surface area (TPSA) is 24.9 Å². The quantitative estimate of drug-likeness (QED) is 0.814. The zero-order valence-electron chi connectivity index (χ0n) is 9.00. The van der Waals surface area contributed by atoms with E-state index in [1.807, 2.05) is 0 Å². The van der Waals surface area contributed by atoms with Gasteiger partial charge in [-0.1, -0.05) is 17.7 Å². The molecule has 0 amide bonds. The van der Waals surface area contributed by atoms with Gasteiger partial charge in [0.15, 0.2) is 0 Å². The van der Waals surface area contributed by atoms with E-state index in [0.717, 1.165) is 12.1 Å². The highest BCUT2D eigenvalue weighted by atomic mass is 35.5. The first-order chi connectivity index (χ1) is 8.45. The lowest BCUT2D eigenvalue weighted by Crippen LogP contribution is -2.05. The van der Waals surface area contributed by atoms with Crippen LogP contribution in [0.25, 0.3) is 0 Å². The number of alkyl halides is 3. The summed E-state index contributed by atoms with van der Waals surface area (Å²) in [6.45, 7) is 0. The second-order valence-corrected chi connectivity index (χ2v) is 3.96. The number of hydrogen-bond donors (Lipinski definition) is 1. The summed E-state index contributed by atoms with van der Waals surface area (Å²) in [5.41, 5.74) is 0.217. The van der Waals surface area contributed by atoms with Gasteiger partial charge in [0.05, 0.1) is 5.56 Å². The molecule has 2 nitrogen and oxygen atoms in total. The molecule has 2 rings (SSSR count). The van der Waals surface area contributed by atoms with Gasteiger partial charge in [0, 0.05) is 17.6 Å². The van der Waals surface area contributed by atoms with Crippen molar-refractivity contribution in [1.29, 1.82) is 0 Å². The first-order valence-corrected chi connectivity index (χ1v) is 5.39. The van der Waals surface area contributed by atoms with E-state index in [1.54, 1.807) is 12.1 Å². The van der Waals surface area contributed by atoms with Crippen LogP contribution in [0.15, 0.2) is 42.6 Å². The van der Waals surface area contributed by atoms with Crippen molar-refractivity contribution in [3.05, 3.63) is 53.3 Å². The lowest BCUT2D eigenvalue weighted by atomic mass is 10.2. The molecule has 0 radical (unpaired) electrons. The van der Waals surface area contributed by atoms with Crippen molar-refractivity contribution in [1.82, 2.24) is 4.98 Å². The van der Waals surface area contributed by atoms with Crippen molar-refractivity contribution in [3.8, 4) is 0 Å². The molecule has 0 atom stereocenters. The van der Waals surface area contributed by atoms with Crippen LogP contribution in [0.4, 0.5) is 24.5 Å². The summed E-state index contributed by atoms with van der Waals surface area (Å²) in [4.78, 5) is 3.78. The Hall–Kier alpha value is -1.75. The minimum Gasteiger partial charge on any atom is -0.355 e. The van der Waals surface area contributed by atoms with Crippen molar-refractivity contribution in [2.45, 2.75) is 6.18 Å². The fourth-order valence-corrected chi connectivity index (χ4v) is 1.59. The van der Waals surface area contributed by atoms with Crippen molar-refractivity contribution >= 4 is 23.0 Å². The van der Waals surface area contributed by atoms with Crippen LogP contribution in [0.5, 0.6) is 0 Å². The Labute approximate surface area is 106 Å². The normalized spacial score (nSPS) is 11.3. The molecule has 0 aliphatic rings. The molecule has 18 heavy (non-hydrogen) atoms. The van der Waals surface area contributed by atoms with Gasteiger partial charge in [0.2, 0.25) is 0 Å². The highest BCUT2D eigenvalue weighted by molar-refractivity contribution is 6.29. The van der Waals surface area contributed by atoms with E-state index in [0.29, 0.717) is 11.4 Å². The van der Waals surface area contributed by atoms with Crippen LogP contribution in [0, 0.1) is 0 Å². The second-order valence-electron chi connectivity index (χ2n) is 3.57. The first kappa shape index (κ1) is 12.7. The third kappa shape index (κ3) is 3.13. The average Bonchev–Trinajstić information content (AvgIpc) is 2.28. The fraction of sp³-hybridized carbons (Fsp3) is 0.0833. The molecule has 0 unspecified atom stereocenters. The Balaban J connectivity index is 2.25. The van der Waals surface area contributed by atoms with Gasteiger partial charge < -0.3 is 5.32 Å². The van der Waals surface area contributed by atoms with Gasteiger partial charge in [-0.2, -0.15) is 13.2 Å². The predicted molar refractivity (Wildman–Crippen MR) is 64.0 cm³/mol. The number of aromatic nitrogens is 1. The Bertz CT molecular complexity index is 555. The summed E-state index contributed by atoms with van der Waals surface area (Å²) in [5, 5.41) is 3.10. The van der Waals surface area contributed by atoms with Crippen LogP contribution in [-0.2, 0) is 6.18 Å². The van der Waals surface area contributed by atoms with Crippen LogP contribution in [0.1, 0.15) is 5.56 Å². The summed E-state index contributed by atoms with van der Waals surface area (Å²) >= 11 is 5.68. The summed E-state index contributed by atoms with van der Waals surface area (Å²) in [6, 6.07) is 8.09. The second kappa shape index (κ2) is 4.86. The molecule has 0 saturated carbocycles. The van der Waals surface area contributed by atoms with Gasteiger partial charge in [-0.3, -0.25) is 0 Å². The van der Waals surface area contributed by atoms with Crippen LogP contribution < -0.4 is 5.32 Å². The molecular weight excluding hydrogens is 265 g/mol. The summed E-state index contributed by atoms with van der Waals surface area (Å²) < 4.78 is 37.5. The Kier molecular flexibility index (Phi) is 3.43. The Morgan fingerprint density at radius 2 is 1.78 bits per heavy atom. The van der Waals surface area contributed by atoms with Crippen molar-refractivity contribution in [2.24, 2.45) is 0 Å². The van der Waals surface area contributed by atoms with Crippen LogP contribution in [0.3, 0.4) is 0 Å². The van der Waals surface area contributed by atoms with Gasteiger partial charge in [-0.25, -0.2) is 4.98 Å². The number of rotatable bonds is 2. The van der Waals surface area contributed by atoms with E-state index in [2.05, 4.69) is 10.3 Å². The highest BCUT2D eigenvalue weighted by Crippen LogP contribution is 2.31. The van der Waals surface area contributed by atoms with E-state index in [1.165, 1.54) is 18.3 Å². The zero-order chi connectivity index (χ0) is 13.2. The number of benzene rings is 1. The van der Waals surface area contributed by atoms with Crippen LogP contribution in [-0.4, -0.2) is 4.98 Å². The van der Waals surface area contributed by atoms with Gasteiger partial charge in [-0.15, -0.1) is 0 Å². The standard InChI is InChI=1S/C12H8ClF3N2/c13-11-7-10(4-5-17-11)18-9-3-1-2-8(6-9)12(14,15)16/h1-7H,(H,17,18). The van der Waals surface area contributed by atoms with Crippen LogP contribution in [0.2, 0.25) is 5.15 Å². The Morgan fingerprint density at radius 3 is 2.44 bits per heavy atom. The minimum atomic E-state index is -4.35. The van der Waals surface area contributed by atoms with E-state index < -0.39 is 11.7 Å². The monoisotopic (exact) mass is 272 g/mol. The third-order valence-corrected chi connectivity index (χ3v) is 2.41. The lowest BCUT2D eigenvalue weighted by molar-refractivity contribution is -0.137. The SMILES string of the molecule is FC(F)(F)c1cccc(Nc2ccnc(Cl)c2)c1. The van der Waals surface area contributed by atoms with Gasteiger partial charge in [-0.05, 0) is 30.3 Å². The van der Waals surface area contributed by atoms with Crippen LogP contribution >= 0.6 is 11.6 Å². The minimum absolute atomic E-state index is 0.270. The molecule has 6 heteroatoms. The summed E-state index contributed by atoms with van der Waals surface area (Å²) in [7, 11) is 0. The number of nitrogens with one attached hydrogen (secondary N) is 1. The molecule has 1 aromatic carbocycles. The largest absolute Gasteiger partial charge is 0.416 e. The van der Waals surface area contributed by atoms with Gasteiger partial charge in [0.1, 0.15) is 5.15 Å². The highest BCUT2D eigenvalue weighted by Gasteiger charge is 2.30. The van der Waals surface area contributed by atoms with Crippen molar-refractivity contribution in [3.63, 3.8) is 0 Å². The van der Waals surface area contributed by atoms with E-state index in [4.69, 9.17) is 11.6 Å². The maximum Gasteiger partial charge on any atom is 0.416 e. The number of hydrogen-bond acceptors (Lipinski definition) is 2.